The molecule has 0 amide bonds. The van der Waals surface area contributed by atoms with Gasteiger partial charge < -0.3 is 8.37 Å². The van der Waals surface area contributed by atoms with E-state index in [9.17, 15) is 13.0 Å². The van der Waals surface area contributed by atoms with Crippen LogP contribution in [0.25, 0.3) is 22.3 Å². The fourth-order valence-corrected chi connectivity index (χ4v) is 3.53. The quantitative estimate of drug-likeness (QED) is 0.364. The molecule has 0 spiro atoms. The van der Waals surface area contributed by atoms with Crippen molar-refractivity contribution < 1.29 is 21.4 Å². The van der Waals surface area contributed by atoms with Gasteiger partial charge in [-0.25, -0.2) is 8.78 Å². The summed E-state index contributed by atoms with van der Waals surface area (Å²) in [5.41, 5.74) is 2.22. The Kier molecular flexibility index (Phi) is 5.86. The first-order valence-corrected chi connectivity index (χ1v) is 10.1. The average molecular weight is 422 g/mol. The number of benzene rings is 4. The molecule has 4 rings (SSSR count). The van der Waals surface area contributed by atoms with Crippen molar-refractivity contribution >= 4 is 11.4 Å². The molecular formula is C24H16F2O3S. The van der Waals surface area contributed by atoms with E-state index in [2.05, 4.69) is 0 Å². The molecule has 0 heterocycles. The van der Waals surface area contributed by atoms with Gasteiger partial charge in [0.25, 0.3) is 0 Å². The summed E-state index contributed by atoms with van der Waals surface area (Å²) >= 11 is -2.27. The van der Waals surface area contributed by atoms with E-state index in [1.54, 1.807) is 24.3 Å². The summed E-state index contributed by atoms with van der Waals surface area (Å²) in [7, 11) is 0. The Labute approximate surface area is 175 Å². The molecule has 0 aliphatic carbocycles. The van der Waals surface area contributed by atoms with Crippen LogP contribution >= 0.6 is 0 Å². The molecule has 0 aromatic heterocycles. The second kappa shape index (κ2) is 8.88. The van der Waals surface area contributed by atoms with Crippen LogP contribution in [-0.4, -0.2) is 4.21 Å². The zero-order chi connectivity index (χ0) is 20.9. The summed E-state index contributed by atoms with van der Waals surface area (Å²) in [6.07, 6.45) is 0. The molecule has 0 radical (unpaired) electrons. The highest BCUT2D eigenvalue weighted by atomic mass is 32.2. The molecule has 0 aliphatic rings. The van der Waals surface area contributed by atoms with Crippen molar-refractivity contribution in [2.24, 2.45) is 0 Å². The Balaban J connectivity index is 1.45. The molecule has 0 saturated heterocycles. The SMILES string of the molecule is O=S(Oc1ccc(-c2ccccc2)c(F)c1)Oc1ccc(-c2ccccc2)c(F)c1. The van der Waals surface area contributed by atoms with E-state index in [-0.39, 0.29) is 11.5 Å². The fraction of sp³-hybridized carbons (Fsp3) is 0. The van der Waals surface area contributed by atoms with Crippen molar-refractivity contribution in [1.82, 2.24) is 0 Å². The standard InChI is InChI=1S/C24H16F2O3S/c25-23-15-19(11-13-21(23)17-7-3-1-4-8-17)28-30(27)29-20-12-14-22(24(26)16-20)18-9-5-2-6-10-18/h1-16H. The maximum atomic E-state index is 14.4. The second-order valence-electron chi connectivity index (χ2n) is 6.39. The van der Waals surface area contributed by atoms with Crippen LogP contribution < -0.4 is 8.37 Å². The monoisotopic (exact) mass is 422 g/mol. The molecule has 0 fully saturated rings. The molecule has 0 aliphatic heterocycles. The number of halogens is 2. The van der Waals surface area contributed by atoms with Gasteiger partial charge in [0.1, 0.15) is 23.1 Å². The van der Waals surface area contributed by atoms with Crippen molar-refractivity contribution in [3.63, 3.8) is 0 Å². The highest BCUT2D eigenvalue weighted by Gasteiger charge is 2.12. The third kappa shape index (κ3) is 4.55. The van der Waals surface area contributed by atoms with Crippen LogP contribution in [0.5, 0.6) is 11.5 Å². The first-order valence-electron chi connectivity index (χ1n) is 9.08. The summed E-state index contributed by atoms with van der Waals surface area (Å²) < 4.78 is 51.2. The summed E-state index contributed by atoms with van der Waals surface area (Å²) in [4.78, 5) is 0. The van der Waals surface area contributed by atoms with Crippen LogP contribution in [-0.2, 0) is 11.4 Å². The average Bonchev–Trinajstić information content (AvgIpc) is 2.75. The normalized spacial score (nSPS) is 10.8. The minimum absolute atomic E-state index is 0.0342. The molecule has 4 aromatic rings. The lowest BCUT2D eigenvalue weighted by Gasteiger charge is -2.09. The summed E-state index contributed by atoms with van der Waals surface area (Å²) in [5.74, 6) is -0.971. The summed E-state index contributed by atoms with van der Waals surface area (Å²) in [6, 6.07) is 26.4. The largest absolute Gasteiger partial charge is 0.417 e. The molecule has 0 N–H and O–H groups in total. The van der Waals surface area contributed by atoms with Gasteiger partial charge in [-0.05, 0) is 35.4 Å². The minimum Gasteiger partial charge on any atom is -0.371 e. The molecule has 0 unspecified atom stereocenters. The van der Waals surface area contributed by atoms with Gasteiger partial charge in [0.2, 0.25) is 0 Å². The van der Waals surface area contributed by atoms with E-state index < -0.39 is 23.0 Å². The molecule has 6 heteroatoms. The van der Waals surface area contributed by atoms with Gasteiger partial charge in [-0.15, -0.1) is 0 Å². The molecule has 0 saturated carbocycles. The fourth-order valence-electron chi connectivity index (χ4n) is 2.97. The molecule has 0 atom stereocenters. The van der Waals surface area contributed by atoms with E-state index in [0.717, 1.165) is 12.1 Å². The second-order valence-corrected chi connectivity index (χ2v) is 7.13. The molecule has 150 valence electrons. The smallest absolute Gasteiger partial charge is 0.371 e. The Hall–Kier alpha value is -3.51. The first-order chi connectivity index (χ1) is 14.6. The molecule has 3 nitrogen and oxygen atoms in total. The number of hydrogen-bond donors (Lipinski definition) is 0. The van der Waals surface area contributed by atoms with Crippen LogP contribution in [0.15, 0.2) is 97.1 Å². The number of rotatable bonds is 6. The van der Waals surface area contributed by atoms with Gasteiger partial charge in [0, 0.05) is 23.3 Å². The van der Waals surface area contributed by atoms with E-state index in [0.29, 0.717) is 22.3 Å². The third-order valence-corrected chi connectivity index (χ3v) is 5.04. The molecular weight excluding hydrogens is 406 g/mol. The Morgan fingerprint density at radius 3 is 1.33 bits per heavy atom. The van der Waals surface area contributed by atoms with Crippen LogP contribution in [0.1, 0.15) is 0 Å². The van der Waals surface area contributed by atoms with Crippen LogP contribution in [0.3, 0.4) is 0 Å². The molecule has 4 aromatic carbocycles. The van der Waals surface area contributed by atoms with Crippen molar-refractivity contribution in [3.05, 3.63) is 109 Å². The molecule has 30 heavy (non-hydrogen) atoms. The maximum Gasteiger partial charge on any atom is 0.417 e. The Morgan fingerprint density at radius 2 is 0.967 bits per heavy atom. The summed E-state index contributed by atoms with van der Waals surface area (Å²) in [6.45, 7) is 0. The van der Waals surface area contributed by atoms with E-state index >= 15 is 0 Å². The summed E-state index contributed by atoms with van der Waals surface area (Å²) in [5, 5.41) is 0. The van der Waals surface area contributed by atoms with Gasteiger partial charge in [0.05, 0.1) is 0 Å². The van der Waals surface area contributed by atoms with Crippen molar-refractivity contribution in [1.29, 1.82) is 0 Å². The first kappa shape index (κ1) is 19.8. The lowest BCUT2D eigenvalue weighted by molar-refractivity contribution is 0.458. The van der Waals surface area contributed by atoms with E-state index in [1.165, 1.54) is 24.3 Å². The third-order valence-electron chi connectivity index (χ3n) is 4.38. The predicted octanol–water partition coefficient (Wildman–Crippen LogP) is 6.34. The minimum atomic E-state index is -2.27. The topological polar surface area (TPSA) is 35.5 Å². The highest BCUT2D eigenvalue weighted by Crippen LogP contribution is 2.28. The Morgan fingerprint density at radius 1 is 0.567 bits per heavy atom. The number of hydrogen-bond acceptors (Lipinski definition) is 3. The maximum absolute atomic E-state index is 14.4. The van der Waals surface area contributed by atoms with E-state index in [4.69, 9.17) is 8.37 Å². The zero-order valence-electron chi connectivity index (χ0n) is 15.6. The highest BCUT2D eigenvalue weighted by molar-refractivity contribution is 7.75. The van der Waals surface area contributed by atoms with E-state index in [1.807, 2.05) is 36.4 Å². The zero-order valence-corrected chi connectivity index (χ0v) is 16.4. The van der Waals surface area contributed by atoms with Gasteiger partial charge in [-0.3, -0.25) is 0 Å². The lowest BCUT2D eigenvalue weighted by atomic mass is 10.1. The predicted molar refractivity (Wildman–Crippen MR) is 113 cm³/mol. The van der Waals surface area contributed by atoms with Gasteiger partial charge in [-0.1, -0.05) is 60.7 Å². The van der Waals surface area contributed by atoms with Crippen molar-refractivity contribution in [3.8, 4) is 33.8 Å². The van der Waals surface area contributed by atoms with Gasteiger partial charge in [0.15, 0.2) is 0 Å². The van der Waals surface area contributed by atoms with Gasteiger partial charge >= 0.3 is 11.4 Å². The van der Waals surface area contributed by atoms with Crippen molar-refractivity contribution in [2.45, 2.75) is 0 Å². The van der Waals surface area contributed by atoms with Crippen LogP contribution in [0.4, 0.5) is 8.78 Å². The molecule has 0 bridgehead atoms. The van der Waals surface area contributed by atoms with Crippen LogP contribution in [0, 0.1) is 11.6 Å². The van der Waals surface area contributed by atoms with Crippen LogP contribution in [0.2, 0.25) is 0 Å². The van der Waals surface area contributed by atoms with Crippen molar-refractivity contribution in [2.75, 3.05) is 0 Å². The lowest BCUT2D eigenvalue weighted by Crippen LogP contribution is -2.08. The Bertz CT molecular complexity index is 1090. The van der Waals surface area contributed by atoms with Gasteiger partial charge in [-0.2, -0.15) is 4.21 Å².